The van der Waals surface area contributed by atoms with Crippen molar-refractivity contribution in [3.63, 3.8) is 0 Å². The summed E-state index contributed by atoms with van der Waals surface area (Å²) in [5.74, 6) is 0. The predicted octanol–water partition coefficient (Wildman–Crippen LogP) is 3.32. The predicted molar refractivity (Wildman–Crippen MR) is 67.1 cm³/mol. The molecule has 2 nitrogen and oxygen atoms in total. The molecule has 0 amide bonds. The third-order valence-corrected chi connectivity index (χ3v) is 2.85. The molecule has 0 saturated heterocycles. The third kappa shape index (κ3) is 4.35. The molecular weight excluding hydrogens is 238 g/mol. The Hall–Kier alpha value is -1.00. The van der Waals surface area contributed by atoms with Crippen molar-refractivity contribution in [3.8, 4) is 0 Å². The minimum atomic E-state index is -2.45. The van der Waals surface area contributed by atoms with Crippen LogP contribution in [-0.4, -0.2) is 24.7 Å². The van der Waals surface area contributed by atoms with Crippen LogP contribution in [0.25, 0.3) is 0 Å². The van der Waals surface area contributed by atoms with Gasteiger partial charge in [-0.3, -0.25) is 0 Å². The molecule has 18 heavy (non-hydrogen) atoms. The van der Waals surface area contributed by atoms with E-state index in [2.05, 4.69) is 0 Å². The summed E-state index contributed by atoms with van der Waals surface area (Å²) in [6.07, 6.45) is -2.79. The van der Waals surface area contributed by atoms with Crippen LogP contribution < -0.4 is 0 Å². The quantitative estimate of drug-likeness (QED) is 0.793. The summed E-state index contributed by atoms with van der Waals surface area (Å²) >= 11 is 0. The molecule has 0 aliphatic heterocycles. The Kier molecular flexibility index (Phi) is 5.69. The highest BCUT2D eigenvalue weighted by Gasteiger charge is 2.14. The van der Waals surface area contributed by atoms with E-state index in [1.807, 2.05) is 32.9 Å². The van der Waals surface area contributed by atoms with Crippen molar-refractivity contribution >= 4 is 0 Å². The van der Waals surface area contributed by atoms with Gasteiger partial charge in [0.1, 0.15) is 6.61 Å². The molecule has 0 fully saturated rings. The van der Waals surface area contributed by atoms with Gasteiger partial charge in [-0.25, -0.2) is 8.78 Å². The van der Waals surface area contributed by atoms with Gasteiger partial charge in [-0.2, -0.15) is 0 Å². The average molecular weight is 258 g/mol. The zero-order valence-electron chi connectivity index (χ0n) is 11.0. The Morgan fingerprint density at radius 1 is 1.17 bits per heavy atom. The second-order valence-corrected chi connectivity index (χ2v) is 4.58. The Labute approximate surface area is 107 Å². The summed E-state index contributed by atoms with van der Waals surface area (Å²) in [5.41, 5.74) is 4.07. The van der Waals surface area contributed by atoms with Crippen molar-refractivity contribution in [2.45, 2.75) is 39.7 Å². The maximum Gasteiger partial charge on any atom is 0.261 e. The number of alkyl halides is 2. The van der Waals surface area contributed by atoms with Crippen molar-refractivity contribution in [3.05, 3.63) is 34.4 Å². The summed E-state index contributed by atoms with van der Waals surface area (Å²) in [5, 5.41) is 10.1. The highest BCUT2D eigenvalue weighted by molar-refractivity contribution is 5.38. The first kappa shape index (κ1) is 15.1. The summed E-state index contributed by atoms with van der Waals surface area (Å²) in [7, 11) is 0. The van der Waals surface area contributed by atoms with Crippen LogP contribution in [0.4, 0.5) is 8.78 Å². The van der Waals surface area contributed by atoms with Crippen LogP contribution in [0.5, 0.6) is 0 Å². The molecule has 1 aromatic carbocycles. The van der Waals surface area contributed by atoms with Gasteiger partial charge >= 0.3 is 0 Å². The Morgan fingerprint density at radius 3 is 2.22 bits per heavy atom. The minimum Gasteiger partial charge on any atom is -0.388 e. The Balaban J connectivity index is 2.59. The van der Waals surface area contributed by atoms with Crippen molar-refractivity contribution in [1.29, 1.82) is 0 Å². The van der Waals surface area contributed by atoms with E-state index in [0.29, 0.717) is 6.42 Å². The SMILES string of the molecule is Cc1cc(C)c(C(O)CCOCC(F)F)c(C)c1. The lowest BCUT2D eigenvalue weighted by molar-refractivity contribution is 0.00469. The zero-order chi connectivity index (χ0) is 13.7. The molecule has 0 aliphatic carbocycles. The maximum absolute atomic E-state index is 11.9. The van der Waals surface area contributed by atoms with E-state index >= 15 is 0 Å². The first-order valence-electron chi connectivity index (χ1n) is 6.03. The van der Waals surface area contributed by atoms with Crippen LogP contribution in [0.1, 0.15) is 34.8 Å². The normalized spacial score (nSPS) is 13.1. The first-order chi connectivity index (χ1) is 8.41. The van der Waals surface area contributed by atoms with Gasteiger partial charge < -0.3 is 9.84 Å². The van der Waals surface area contributed by atoms with Gasteiger partial charge in [-0.1, -0.05) is 17.7 Å². The van der Waals surface area contributed by atoms with Gasteiger partial charge in [0.25, 0.3) is 6.43 Å². The molecule has 4 heteroatoms. The van der Waals surface area contributed by atoms with Crippen LogP contribution in [0.2, 0.25) is 0 Å². The molecule has 1 rings (SSSR count). The van der Waals surface area contributed by atoms with E-state index in [4.69, 9.17) is 4.74 Å². The number of rotatable bonds is 6. The lowest BCUT2D eigenvalue weighted by atomic mass is 9.94. The average Bonchev–Trinajstić information content (AvgIpc) is 2.22. The lowest BCUT2D eigenvalue weighted by Crippen LogP contribution is -2.10. The second-order valence-electron chi connectivity index (χ2n) is 4.58. The topological polar surface area (TPSA) is 29.5 Å². The molecule has 102 valence electrons. The van der Waals surface area contributed by atoms with E-state index in [1.54, 1.807) is 0 Å². The standard InChI is InChI=1S/C14H20F2O2/c1-9-6-10(2)14(11(3)7-9)12(17)4-5-18-8-13(15)16/h6-7,12-13,17H,4-5,8H2,1-3H3. The van der Waals surface area contributed by atoms with Crippen molar-refractivity contribution in [1.82, 2.24) is 0 Å². The molecule has 1 atom stereocenters. The molecular formula is C14H20F2O2. The number of aliphatic hydroxyl groups is 1. The largest absolute Gasteiger partial charge is 0.388 e. The third-order valence-electron chi connectivity index (χ3n) is 2.85. The number of aliphatic hydroxyl groups excluding tert-OH is 1. The van der Waals surface area contributed by atoms with E-state index in [0.717, 1.165) is 22.3 Å². The van der Waals surface area contributed by atoms with E-state index in [9.17, 15) is 13.9 Å². The lowest BCUT2D eigenvalue weighted by Gasteiger charge is -2.17. The fourth-order valence-corrected chi connectivity index (χ4v) is 2.23. The summed E-state index contributed by atoms with van der Waals surface area (Å²) in [6.45, 7) is 5.45. The van der Waals surface area contributed by atoms with Crippen LogP contribution in [0, 0.1) is 20.8 Å². The monoisotopic (exact) mass is 258 g/mol. The van der Waals surface area contributed by atoms with Gasteiger partial charge in [0, 0.05) is 13.0 Å². The van der Waals surface area contributed by atoms with E-state index in [-0.39, 0.29) is 6.61 Å². The van der Waals surface area contributed by atoms with E-state index < -0.39 is 19.1 Å². The fourth-order valence-electron chi connectivity index (χ4n) is 2.23. The number of ether oxygens (including phenoxy) is 1. The number of aryl methyl sites for hydroxylation is 3. The Morgan fingerprint density at radius 2 is 1.72 bits per heavy atom. The molecule has 0 radical (unpaired) electrons. The minimum absolute atomic E-state index is 0.137. The summed E-state index contributed by atoms with van der Waals surface area (Å²) in [6, 6.07) is 4.01. The maximum atomic E-state index is 11.9. The molecule has 0 aromatic heterocycles. The molecule has 0 spiro atoms. The van der Waals surface area contributed by atoms with Gasteiger partial charge in [0.2, 0.25) is 0 Å². The number of benzene rings is 1. The zero-order valence-corrected chi connectivity index (χ0v) is 11.0. The Bertz CT molecular complexity index is 368. The molecule has 1 aromatic rings. The van der Waals surface area contributed by atoms with Crippen LogP contribution >= 0.6 is 0 Å². The van der Waals surface area contributed by atoms with Crippen molar-refractivity contribution < 1.29 is 18.6 Å². The molecule has 1 N–H and O–H groups in total. The summed E-state index contributed by atoms with van der Waals surface area (Å²) < 4.78 is 28.5. The van der Waals surface area contributed by atoms with Crippen molar-refractivity contribution in [2.24, 2.45) is 0 Å². The van der Waals surface area contributed by atoms with Gasteiger partial charge in [-0.15, -0.1) is 0 Å². The number of hydrogen-bond donors (Lipinski definition) is 1. The van der Waals surface area contributed by atoms with Crippen LogP contribution in [-0.2, 0) is 4.74 Å². The highest BCUT2D eigenvalue weighted by atomic mass is 19.3. The summed E-state index contributed by atoms with van der Waals surface area (Å²) in [4.78, 5) is 0. The van der Waals surface area contributed by atoms with Gasteiger partial charge in [-0.05, 0) is 37.5 Å². The van der Waals surface area contributed by atoms with Crippen molar-refractivity contribution in [2.75, 3.05) is 13.2 Å². The molecule has 0 saturated carbocycles. The van der Waals surface area contributed by atoms with Gasteiger partial charge in [0.15, 0.2) is 0 Å². The van der Waals surface area contributed by atoms with E-state index in [1.165, 1.54) is 0 Å². The molecule has 1 unspecified atom stereocenters. The number of halogens is 2. The van der Waals surface area contributed by atoms with Crippen LogP contribution in [0.15, 0.2) is 12.1 Å². The van der Waals surface area contributed by atoms with Gasteiger partial charge in [0.05, 0.1) is 6.10 Å². The number of hydrogen-bond acceptors (Lipinski definition) is 2. The fraction of sp³-hybridized carbons (Fsp3) is 0.571. The smallest absolute Gasteiger partial charge is 0.261 e. The first-order valence-corrected chi connectivity index (χ1v) is 6.03. The second kappa shape index (κ2) is 6.81. The molecule has 0 bridgehead atoms. The van der Waals surface area contributed by atoms with Crippen LogP contribution in [0.3, 0.4) is 0 Å². The molecule has 0 aliphatic rings. The highest BCUT2D eigenvalue weighted by Crippen LogP contribution is 2.25. The molecule has 0 heterocycles.